The lowest BCUT2D eigenvalue weighted by atomic mass is 10.0. The van der Waals surface area contributed by atoms with Crippen LogP contribution in [0.2, 0.25) is 0 Å². The van der Waals surface area contributed by atoms with Crippen molar-refractivity contribution in [1.82, 2.24) is 9.88 Å². The van der Waals surface area contributed by atoms with Crippen LogP contribution < -0.4 is 10.1 Å². The molecule has 5 heteroatoms. The van der Waals surface area contributed by atoms with Crippen LogP contribution in [0.15, 0.2) is 79.0 Å². The number of nitrogens with one attached hydrogen (secondary N) is 1. The molecule has 1 amide bonds. The molecule has 1 aliphatic rings. The summed E-state index contributed by atoms with van der Waals surface area (Å²) in [6.07, 6.45) is 7.22. The van der Waals surface area contributed by atoms with Gasteiger partial charge < -0.3 is 10.1 Å². The summed E-state index contributed by atoms with van der Waals surface area (Å²) in [7, 11) is 1.66. The Hall–Kier alpha value is -3.70. The first-order valence-corrected chi connectivity index (χ1v) is 12.3. The van der Waals surface area contributed by atoms with Crippen LogP contribution >= 0.6 is 0 Å². The average Bonchev–Trinajstić information content (AvgIpc) is 3.17. The fraction of sp³-hybridized carbons (Fsp3) is 0.267. The van der Waals surface area contributed by atoms with E-state index in [0.29, 0.717) is 5.56 Å². The molecule has 0 aliphatic carbocycles. The molecule has 0 atom stereocenters. The van der Waals surface area contributed by atoms with Gasteiger partial charge in [-0.2, -0.15) is 0 Å². The topological polar surface area (TPSA) is 54.5 Å². The lowest BCUT2D eigenvalue weighted by Gasteiger charge is -2.19. The Labute approximate surface area is 206 Å². The fourth-order valence-corrected chi connectivity index (χ4v) is 4.68. The van der Waals surface area contributed by atoms with Gasteiger partial charge in [0.25, 0.3) is 5.91 Å². The molecule has 0 spiro atoms. The van der Waals surface area contributed by atoms with Crippen molar-refractivity contribution in [2.75, 3.05) is 25.5 Å². The number of likely N-dealkylation sites (tertiary alicyclic amines) is 1. The molecule has 5 nitrogen and oxygen atoms in total. The van der Waals surface area contributed by atoms with Crippen molar-refractivity contribution in [2.24, 2.45) is 0 Å². The fourth-order valence-electron chi connectivity index (χ4n) is 4.68. The predicted molar refractivity (Wildman–Crippen MR) is 142 cm³/mol. The number of nitrogens with zero attached hydrogens (tertiary/aromatic N) is 2. The summed E-state index contributed by atoms with van der Waals surface area (Å²) in [6.45, 7) is 3.29. The van der Waals surface area contributed by atoms with E-state index < -0.39 is 0 Å². The molecule has 0 saturated carbocycles. The molecule has 178 valence electrons. The highest BCUT2D eigenvalue weighted by molar-refractivity contribution is 6.05. The number of benzene rings is 3. The van der Waals surface area contributed by atoms with Crippen LogP contribution in [-0.4, -0.2) is 36.0 Å². The van der Waals surface area contributed by atoms with Gasteiger partial charge in [0.05, 0.1) is 12.6 Å². The largest absolute Gasteiger partial charge is 0.497 e. The zero-order chi connectivity index (χ0) is 24.0. The maximum atomic E-state index is 12.8. The minimum atomic E-state index is -0.136. The van der Waals surface area contributed by atoms with E-state index >= 15 is 0 Å². The molecule has 1 aliphatic heterocycles. The Morgan fingerprint density at radius 1 is 0.886 bits per heavy atom. The molecule has 1 saturated heterocycles. The van der Waals surface area contributed by atoms with Gasteiger partial charge in [-0.25, -0.2) is 0 Å². The van der Waals surface area contributed by atoms with Gasteiger partial charge in [0, 0.05) is 29.4 Å². The molecule has 3 aromatic carbocycles. The molecule has 5 rings (SSSR count). The van der Waals surface area contributed by atoms with Crippen molar-refractivity contribution >= 4 is 22.5 Å². The summed E-state index contributed by atoms with van der Waals surface area (Å²) in [5.41, 5.74) is 5.62. The van der Waals surface area contributed by atoms with Gasteiger partial charge in [-0.15, -0.1) is 0 Å². The Morgan fingerprint density at radius 2 is 1.57 bits per heavy atom. The third kappa shape index (κ3) is 5.69. The summed E-state index contributed by atoms with van der Waals surface area (Å²) in [6, 6.07) is 23.7. The first-order chi connectivity index (χ1) is 17.2. The first-order valence-electron chi connectivity index (χ1n) is 12.3. The van der Waals surface area contributed by atoms with Gasteiger partial charge in [0.2, 0.25) is 0 Å². The maximum absolute atomic E-state index is 12.8. The lowest BCUT2D eigenvalue weighted by molar-refractivity contribution is 0.102. The van der Waals surface area contributed by atoms with Crippen LogP contribution in [-0.2, 0) is 6.54 Å². The molecule has 0 unspecified atom stereocenters. The molecular weight excluding hydrogens is 434 g/mol. The number of ether oxygens (including phenoxy) is 1. The van der Waals surface area contributed by atoms with E-state index in [1.165, 1.54) is 44.3 Å². The minimum absolute atomic E-state index is 0.136. The standard InChI is InChI=1S/C30H31N3O2/c1-35-28-14-11-24(12-15-28)23-6-8-25(9-7-23)30(34)32-27-13-10-26-18-22(20-31-29(26)19-27)21-33-16-4-2-3-5-17-33/h6-15,18-20H,2-5,16-17,21H2,1H3,(H,32,34). The number of anilines is 1. The van der Waals surface area contributed by atoms with Crippen molar-refractivity contribution in [2.45, 2.75) is 32.2 Å². The second-order valence-electron chi connectivity index (χ2n) is 9.20. The average molecular weight is 466 g/mol. The molecule has 1 fully saturated rings. The number of fused-ring (bicyclic) bond motifs is 1. The summed E-state index contributed by atoms with van der Waals surface area (Å²) in [5, 5.41) is 4.10. The molecule has 35 heavy (non-hydrogen) atoms. The maximum Gasteiger partial charge on any atom is 0.255 e. The predicted octanol–water partition coefficient (Wildman–Crippen LogP) is 6.54. The number of methoxy groups -OCH3 is 1. The Morgan fingerprint density at radius 3 is 2.26 bits per heavy atom. The monoisotopic (exact) mass is 465 g/mol. The molecular formula is C30H31N3O2. The van der Waals surface area contributed by atoms with Crippen LogP contribution in [0.4, 0.5) is 5.69 Å². The highest BCUT2D eigenvalue weighted by atomic mass is 16.5. The van der Waals surface area contributed by atoms with E-state index in [2.05, 4.69) is 21.3 Å². The second kappa shape index (κ2) is 10.7. The van der Waals surface area contributed by atoms with Crippen LogP contribution in [0.25, 0.3) is 22.0 Å². The van der Waals surface area contributed by atoms with Crippen LogP contribution in [0, 0.1) is 0 Å². The minimum Gasteiger partial charge on any atom is -0.497 e. The van der Waals surface area contributed by atoms with Crippen molar-refractivity contribution < 1.29 is 9.53 Å². The number of carbonyl (C=O) groups is 1. The van der Waals surface area contributed by atoms with Crippen LogP contribution in [0.3, 0.4) is 0 Å². The Kier molecular flexibility index (Phi) is 7.05. The lowest BCUT2D eigenvalue weighted by Crippen LogP contribution is -2.23. The normalized spacial score (nSPS) is 14.4. The number of pyridine rings is 1. The van der Waals surface area contributed by atoms with E-state index in [9.17, 15) is 4.79 Å². The zero-order valence-corrected chi connectivity index (χ0v) is 20.2. The smallest absolute Gasteiger partial charge is 0.255 e. The highest BCUT2D eigenvalue weighted by Crippen LogP contribution is 2.24. The van der Waals surface area contributed by atoms with Gasteiger partial charge in [0.1, 0.15) is 5.75 Å². The number of aromatic nitrogens is 1. The first kappa shape index (κ1) is 23.1. The van der Waals surface area contributed by atoms with Gasteiger partial charge in [-0.3, -0.25) is 14.7 Å². The van der Waals surface area contributed by atoms with Crippen molar-refractivity contribution in [3.05, 3.63) is 90.1 Å². The van der Waals surface area contributed by atoms with Gasteiger partial charge in [-0.05, 0) is 85.1 Å². The summed E-state index contributed by atoms with van der Waals surface area (Å²) in [5.74, 6) is 0.687. The van der Waals surface area contributed by atoms with Crippen LogP contribution in [0.5, 0.6) is 5.75 Å². The van der Waals surface area contributed by atoms with E-state index in [1.54, 1.807) is 7.11 Å². The number of hydrogen-bond acceptors (Lipinski definition) is 4. The third-order valence-electron chi connectivity index (χ3n) is 6.67. The second-order valence-corrected chi connectivity index (χ2v) is 9.20. The van der Waals surface area contributed by atoms with E-state index in [1.807, 2.05) is 72.9 Å². The zero-order valence-electron chi connectivity index (χ0n) is 20.2. The van der Waals surface area contributed by atoms with E-state index in [0.717, 1.165) is 40.0 Å². The molecule has 1 aromatic heterocycles. The SMILES string of the molecule is COc1ccc(-c2ccc(C(=O)Nc3ccc4cc(CN5CCCCCC5)cnc4c3)cc2)cc1. The molecule has 4 aromatic rings. The molecule has 0 bridgehead atoms. The molecule has 0 radical (unpaired) electrons. The quantitative estimate of drug-likeness (QED) is 0.351. The van der Waals surface area contributed by atoms with Crippen LogP contribution in [0.1, 0.15) is 41.6 Å². The summed E-state index contributed by atoms with van der Waals surface area (Å²) < 4.78 is 5.22. The Bertz CT molecular complexity index is 1290. The number of carbonyl (C=O) groups excluding carboxylic acids is 1. The van der Waals surface area contributed by atoms with E-state index in [-0.39, 0.29) is 5.91 Å². The number of rotatable bonds is 6. The van der Waals surface area contributed by atoms with Crippen molar-refractivity contribution in [1.29, 1.82) is 0 Å². The number of hydrogen-bond donors (Lipinski definition) is 1. The summed E-state index contributed by atoms with van der Waals surface area (Å²) >= 11 is 0. The molecule has 2 heterocycles. The van der Waals surface area contributed by atoms with Crippen molar-refractivity contribution in [3.63, 3.8) is 0 Å². The van der Waals surface area contributed by atoms with Gasteiger partial charge >= 0.3 is 0 Å². The Balaban J connectivity index is 1.24. The van der Waals surface area contributed by atoms with Gasteiger partial charge in [-0.1, -0.05) is 43.2 Å². The highest BCUT2D eigenvalue weighted by Gasteiger charge is 2.11. The summed E-state index contributed by atoms with van der Waals surface area (Å²) in [4.78, 5) is 20.0. The molecule has 1 N–H and O–H groups in total. The van der Waals surface area contributed by atoms with Gasteiger partial charge in [0.15, 0.2) is 0 Å². The van der Waals surface area contributed by atoms with E-state index in [4.69, 9.17) is 4.74 Å². The number of amides is 1. The van der Waals surface area contributed by atoms with Crippen molar-refractivity contribution in [3.8, 4) is 16.9 Å². The third-order valence-corrected chi connectivity index (χ3v) is 6.67.